The normalized spacial score (nSPS) is 17.5. The molecule has 1 saturated heterocycles. The van der Waals surface area contributed by atoms with Crippen LogP contribution < -0.4 is 0 Å². The van der Waals surface area contributed by atoms with E-state index in [9.17, 15) is 4.79 Å². The summed E-state index contributed by atoms with van der Waals surface area (Å²) in [5.74, 6) is 0.711. The summed E-state index contributed by atoms with van der Waals surface area (Å²) in [6.07, 6.45) is 10.3. The van der Waals surface area contributed by atoms with Crippen molar-refractivity contribution in [1.82, 2.24) is 24.3 Å². The standard InChI is InChI=1S/C21H19N5O/c27-20(16-5-3-7-17-15(16)6-4-10-22-17)26-12-2-1-8-19(26)18-9-13-25-14-11-23-21(25)24-18/h3-7,9-11,13-14,19H,1-2,8,12H2/t19-/m1/s1. The number of benzene rings is 1. The maximum atomic E-state index is 13.5. The number of fused-ring (bicyclic) bond motifs is 2. The third-order valence-corrected chi connectivity index (χ3v) is 5.26. The van der Waals surface area contributed by atoms with Gasteiger partial charge in [0.2, 0.25) is 5.78 Å². The van der Waals surface area contributed by atoms with Gasteiger partial charge in [-0.15, -0.1) is 0 Å². The lowest BCUT2D eigenvalue weighted by Gasteiger charge is -2.35. The largest absolute Gasteiger partial charge is 0.330 e. The number of carbonyl (C=O) groups excluding carboxylic acids is 1. The van der Waals surface area contributed by atoms with Crippen molar-refractivity contribution in [3.63, 3.8) is 0 Å². The van der Waals surface area contributed by atoms with Crippen molar-refractivity contribution in [3.8, 4) is 0 Å². The number of hydrogen-bond acceptors (Lipinski definition) is 4. The highest BCUT2D eigenvalue weighted by molar-refractivity contribution is 6.06. The summed E-state index contributed by atoms with van der Waals surface area (Å²) in [6, 6.07) is 11.5. The fraction of sp³-hybridized carbons (Fsp3) is 0.238. The first-order chi connectivity index (χ1) is 13.3. The number of aromatic nitrogens is 4. The molecule has 1 amide bonds. The molecule has 1 aliphatic heterocycles. The first-order valence-corrected chi connectivity index (χ1v) is 9.25. The fourth-order valence-electron chi connectivity index (χ4n) is 3.93. The van der Waals surface area contributed by atoms with E-state index in [-0.39, 0.29) is 11.9 Å². The van der Waals surface area contributed by atoms with Gasteiger partial charge in [0.1, 0.15) is 0 Å². The quantitative estimate of drug-likeness (QED) is 0.549. The summed E-state index contributed by atoms with van der Waals surface area (Å²) in [7, 11) is 0. The maximum Gasteiger partial charge on any atom is 0.255 e. The molecule has 5 rings (SSSR count). The van der Waals surface area contributed by atoms with Gasteiger partial charge in [-0.05, 0) is 43.5 Å². The number of rotatable bonds is 2. The van der Waals surface area contributed by atoms with Gasteiger partial charge in [-0.3, -0.25) is 14.2 Å². The molecule has 1 aromatic carbocycles. The van der Waals surface area contributed by atoms with Crippen LogP contribution in [0, 0.1) is 0 Å². The average Bonchev–Trinajstić information content (AvgIpc) is 3.21. The van der Waals surface area contributed by atoms with Crippen LogP contribution in [0.1, 0.15) is 41.4 Å². The molecular weight excluding hydrogens is 338 g/mol. The van der Waals surface area contributed by atoms with Gasteiger partial charge in [0.25, 0.3) is 5.91 Å². The maximum absolute atomic E-state index is 13.5. The van der Waals surface area contributed by atoms with Crippen molar-refractivity contribution in [2.45, 2.75) is 25.3 Å². The molecule has 0 saturated carbocycles. The van der Waals surface area contributed by atoms with Crippen molar-refractivity contribution in [2.75, 3.05) is 6.54 Å². The first kappa shape index (κ1) is 15.9. The third kappa shape index (κ3) is 2.73. The molecule has 0 spiro atoms. The highest BCUT2D eigenvalue weighted by Crippen LogP contribution is 2.32. The minimum atomic E-state index is -0.0279. The van der Waals surface area contributed by atoms with E-state index >= 15 is 0 Å². The molecule has 0 radical (unpaired) electrons. The second kappa shape index (κ2) is 6.46. The van der Waals surface area contributed by atoms with Crippen LogP contribution in [-0.2, 0) is 0 Å². The first-order valence-electron chi connectivity index (χ1n) is 9.25. The minimum Gasteiger partial charge on any atom is -0.330 e. The van der Waals surface area contributed by atoms with E-state index < -0.39 is 0 Å². The van der Waals surface area contributed by atoms with Crippen LogP contribution in [0.25, 0.3) is 16.7 Å². The summed E-state index contributed by atoms with van der Waals surface area (Å²) in [5, 5.41) is 0.894. The van der Waals surface area contributed by atoms with Crippen LogP contribution in [-0.4, -0.2) is 36.7 Å². The predicted molar refractivity (Wildman–Crippen MR) is 102 cm³/mol. The lowest BCUT2D eigenvalue weighted by Crippen LogP contribution is -2.39. The van der Waals surface area contributed by atoms with E-state index in [2.05, 4.69) is 9.97 Å². The van der Waals surface area contributed by atoms with Crippen molar-refractivity contribution in [2.24, 2.45) is 0 Å². The number of nitrogens with zero attached hydrogens (tertiary/aromatic N) is 5. The summed E-state index contributed by atoms with van der Waals surface area (Å²) in [5.41, 5.74) is 2.45. The highest BCUT2D eigenvalue weighted by Gasteiger charge is 2.30. The molecule has 0 N–H and O–H groups in total. The molecular formula is C21H19N5O. The van der Waals surface area contributed by atoms with Gasteiger partial charge >= 0.3 is 0 Å². The number of carbonyl (C=O) groups is 1. The van der Waals surface area contributed by atoms with Crippen molar-refractivity contribution >= 4 is 22.6 Å². The molecule has 1 atom stereocenters. The fourth-order valence-corrected chi connectivity index (χ4v) is 3.93. The van der Waals surface area contributed by atoms with Gasteiger partial charge in [0.15, 0.2) is 0 Å². The zero-order chi connectivity index (χ0) is 18.2. The number of amides is 1. The van der Waals surface area contributed by atoms with E-state index in [0.29, 0.717) is 11.3 Å². The minimum absolute atomic E-state index is 0.0279. The number of pyridine rings is 1. The lowest BCUT2D eigenvalue weighted by molar-refractivity contribution is 0.0608. The lowest BCUT2D eigenvalue weighted by atomic mass is 9.97. The van der Waals surface area contributed by atoms with Crippen LogP contribution in [0.4, 0.5) is 0 Å². The smallest absolute Gasteiger partial charge is 0.255 e. The van der Waals surface area contributed by atoms with Crippen LogP contribution in [0.5, 0.6) is 0 Å². The molecule has 6 heteroatoms. The van der Waals surface area contributed by atoms with Crippen LogP contribution in [0.2, 0.25) is 0 Å². The van der Waals surface area contributed by atoms with Gasteiger partial charge in [0, 0.05) is 42.3 Å². The Labute approximate surface area is 156 Å². The molecule has 134 valence electrons. The Hall–Kier alpha value is -3.28. The Kier molecular flexibility index (Phi) is 3.81. The third-order valence-electron chi connectivity index (χ3n) is 5.26. The van der Waals surface area contributed by atoms with Gasteiger partial charge in [-0.1, -0.05) is 12.1 Å². The number of imidazole rings is 1. The topological polar surface area (TPSA) is 63.4 Å². The molecule has 6 nitrogen and oxygen atoms in total. The summed E-state index contributed by atoms with van der Waals surface area (Å²) >= 11 is 0. The van der Waals surface area contributed by atoms with Crippen LogP contribution >= 0.6 is 0 Å². The Bertz CT molecular complexity index is 1130. The van der Waals surface area contributed by atoms with Crippen LogP contribution in [0.15, 0.2) is 61.2 Å². The number of piperidine rings is 1. The van der Waals surface area contributed by atoms with Gasteiger partial charge < -0.3 is 4.90 Å². The van der Waals surface area contributed by atoms with Crippen LogP contribution in [0.3, 0.4) is 0 Å². The molecule has 0 aliphatic carbocycles. The highest BCUT2D eigenvalue weighted by atomic mass is 16.2. The van der Waals surface area contributed by atoms with Gasteiger partial charge in [0.05, 0.1) is 17.3 Å². The second-order valence-electron chi connectivity index (χ2n) is 6.87. The molecule has 4 heterocycles. The molecule has 27 heavy (non-hydrogen) atoms. The summed E-state index contributed by atoms with van der Waals surface area (Å²) in [4.78, 5) is 28.8. The summed E-state index contributed by atoms with van der Waals surface area (Å²) in [6.45, 7) is 0.738. The second-order valence-corrected chi connectivity index (χ2v) is 6.87. The number of hydrogen-bond donors (Lipinski definition) is 0. The van der Waals surface area contributed by atoms with Crippen molar-refractivity contribution in [3.05, 3.63) is 72.4 Å². The zero-order valence-corrected chi connectivity index (χ0v) is 14.8. The molecule has 1 fully saturated rings. The molecule has 0 unspecified atom stereocenters. The Morgan fingerprint density at radius 1 is 1.00 bits per heavy atom. The Morgan fingerprint density at radius 2 is 1.96 bits per heavy atom. The SMILES string of the molecule is O=C(c1cccc2ncccc12)N1CCCC[C@@H]1c1ccn2ccnc2n1. The van der Waals surface area contributed by atoms with Crippen molar-refractivity contribution < 1.29 is 4.79 Å². The molecule has 4 aromatic rings. The number of likely N-dealkylation sites (tertiary alicyclic amines) is 1. The van der Waals surface area contributed by atoms with Gasteiger partial charge in [-0.25, -0.2) is 9.97 Å². The molecule has 0 bridgehead atoms. The molecule has 1 aliphatic rings. The Balaban J connectivity index is 1.55. The van der Waals surface area contributed by atoms with E-state index in [4.69, 9.17) is 4.98 Å². The zero-order valence-electron chi connectivity index (χ0n) is 14.8. The molecule has 3 aromatic heterocycles. The van der Waals surface area contributed by atoms with Crippen molar-refractivity contribution in [1.29, 1.82) is 0 Å². The Morgan fingerprint density at radius 3 is 2.93 bits per heavy atom. The van der Waals surface area contributed by atoms with E-state index in [1.807, 2.05) is 58.1 Å². The van der Waals surface area contributed by atoms with E-state index in [0.717, 1.165) is 42.4 Å². The van der Waals surface area contributed by atoms with Gasteiger partial charge in [-0.2, -0.15) is 0 Å². The average molecular weight is 357 g/mol. The predicted octanol–water partition coefficient (Wildman–Crippen LogP) is 3.64. The summed E-state index contributed by atoms with van der Waals surface area (Å²) < 4.78 is 1.88. The monoisotopic (exact) mass is 357 g/mol. The van der Waals surface area contributed by atoms with E-state index in [1.54, 1.807) is 12.4 Å². The van der Waals surface area contributed by atoms with E-state index in [1.165, 1.54) is 0 Å².